The molecule has 0 atom stereocenters. The van der Waals surface area contributed by atoms with E-state index < -0.39 is 0 Å². The van der Waals surface area contributed by atoms with Crippen molar-refractivity contribution in [2.45, 2.75) is 20.8 Å². The number of ether oxygens (including phenoxy) is 1. The first-order valence-electron chi connectivity index (χ1n) is 6.26. The Morgan fingerprint density at radius 2 is 1.89 bits per heavy atom. The predicted octanol–water partition coefficient (Wildman–Crippen LogP) is 3.53. The van der Waals surface area contributed by atoms with Gasteiger partial charge >= 0.3 is 5.97 Å². The highest BCUT2D eigenvalue weighted by Gasteiger charge is 2.19. The second kappa shape index (κ2) is 5.22. The molecule has 0 N–H and O–H groups in total. The van der Waals surface area contributed by atoms with E-state index in [2.05, 4.69) is 0 Å². The normalized spacial score (nSPS) is 10.5. The molecule has 19 heavy (non-hydrogen) atoms. The first-order chi connectivity index (χ1) is 9.06. The van der Waals surface area contributed by atoms with E-state index >= 15 is 0 Å². The summed E-state index contributed by atoms with van der Waals surface area (Å²) in [6.45, 7) is 5.38. The van der Waals surface area contributed by atoms with E-state index in [1.165, 1.54) is 6.92 Å². The van der Waals surface area contributed by atoms with Crippen molar-refractivity contribution in [1.82, 2.24) is 0 Å². The fraction of sp³-hybridized carbons (Fsp3) is 0.250. The van der Waals surface area contributed by atoms with Gasteiger partial charge in [-0.3, -0.25) is 4.79 Å². The first kappa shape index (κ1) is 13.3. The maximum atomic E-state index is 12.1. The summed E-state index contributed by atoms with van der Waals surface area (Å²) in [6.07, 6.45) is 0. The summed E-state index contributed by atoms with van der Waals surface area (Å²) in [5, 5.41) is 1.70. The Hall–Kier alpha value is -2.16. The van der Waals surface area contributed by atoms with Crippen molar-refractivity contribution < 1.29 is 14.3 Å². The van der Waals surface area contributed by atoms with Crippen LogP contribution in [0.1, 0.15) is 40.1 Å². The molecule has 0 aliphatic rings. The van der Waals surface area contributed by atoms with Crippen LogP contribution in [0.5, 0.6) is 0 Å². The van der Waals surface area contributed by atoms with Crippen molar-refractivity contribution >= 4 is 22.5 Å². The molecule has 0 unspecified atom stereocenters. The Kier molecular flexibility index (Phi) is 3.65. The molecule has 0 fully saturated rings. The number of carbonyl (C=O) groups is 2. The first-order valence-corrected chi connectivity index (χ1v) is 6.26. The van der Waals surface area contributed by atoms with E-state index in [4.69, 9.17) is 4.74 Å². The Morgan fingerprint density at radius 3 is 2.53 bits per heavy atom. The molecule has 0 saturated heterocycles. The summed E-state index contributed by atoms with van der Waals surface area (Å²) >= 11 is 0. The molecule has 3 heteroatoms. The molecule has 0 aliphatic heterocycles. The molecule has 0 heterocycles. The highest BCUT2D eigenvalue weighted by molar-refractivity contribution is 6.10. The second-order valence-electron chi connectivity index (χ2n) is 4.42. The number of carbonyl (C=O) groups excluding carboxylic acids is 2. The van der Waals surface area contributed by atoms with E-state index in [1.807, 2.05) is 30.3 Å². The highest BCUT2D eigenvalue weighted by atomic mass is 16.5. The third kappa shape index (κ3) is 2.36. The Balaban J connectivity index is 2.80. The minimum atomic E-state index is -0.376. The lowest BCUT2D eigenvalue weighted by Gasteiger charge is -2.12. The van der Waals surface area contributed by atoms with Gasteiger partial charge in [0, 0.05) is 5.56 Å². The number of fused-ring (bicyclic) bond motifs is 1. The summed E-state index contributed by atoms with van der Waals surface area (Å²) in [4.78, 5) is 23.8. The van der Waals surface area contributed by atoms with E-state index in [1.54, 1.807) is 13.8 Å². The Labute approximate surface area is 112 Å². The van der Waals surface area contributed by atoms with Crippen LogP contribution >= 0.6 is 0 Å². The predicted molar refractivity (Wildman–Crippen MR) is 74.6 cm³/mol. The molecule has 98 valence electrons. The molecule has 3 nitrogen and oxygen atoms in total. The second-order valence-corrected chi connectivity index (χ2v) is 4.42. The number of ketones is 1. The van der Waals surface area contributed by atoms with Crippen molar-refractivity contribution in [3.05, 3.63) is 47.0 Å². The number of hydrogen-bond donors (Lipinski definition) is 0. The van der Waals surface area contributed by atoms with Gasteiger partial charge in [-0.1, -0.05) is 24.3 Å². The molecule has 0 spiro atoms. The van der Waals surface area contributed by atoms with Crippen LogP contribution in [0.3, 0.4) is 0 Å². The molecule has 0 radical (unpaired) electrons. The van der Waals surface area contributed by atoms with Gasteiger partial charge in [-0.2, -0.15) is 0 Å². The zero-order chi connectivity index (χ0) is 14.0. The van der Waals surface area contributed by atoms with E-state index in [9.17, 15) is 9.59 Å². The molecule has 0 aliphatic carbocycles. The average Bonchev–Trinajstić information content (AvgIpc) is 2.37. The van der Waals surface area contributed by atoms with Gasteiger partial charge in [0.1, 0.15) is 0 Å². The maximum Gasteiger partial charge on any atom is 0.339 e. The summed E-state index contributed by atoms with van der Waals surface area (Å²) in [5.74, 6) is -0.423. The molecule has 2 aromatic rings. The van der Waals surface area contributed by atoms with E-state index in [0.717, 1.165) is 10.8 Å². The fourth-order valence-corrected chi connectivity index (χ4v) is 2.28. The average molecular weight is 256 g/mol. The quantitative estimate of drug-likeness (QED) is 0.623. The van der Waals surface area contributed by atoms with Gasteiger partial charge in [-0.15, -0.1) is 0 Å². The molecule has 0 bridgehead atoms. The van der Waals surface area contributed by atoms with Crippen LogP contribution in [0.15, 0.2) is 30.3 Å². The molecular weight excluding hydrogens is 240 g/mol. The zero-order valence-electron chi connectivity index (χ0n) is 11.3. The minimum absolute atomic E-state index is 0.0474. The van der Waals surface area contributed by atoms with Crippen LogP contribution in [-0.2, 0) is 4.74 Å². The van der Waals surface area contributed by atoms with Crippen LogP contribution in [0.4, 0.5) is 0 Å². The standard InChI is InChI=1S/C16H16O3/c1-4-19-16(18)15-10(2)14(11(3)17)9-12-7-5-6-8-13(12)15/h5-9H,4H2,1-3H3. The van der Waals surface area contributed by atoms with Crippen molar-refractivity contribution in [2.24, 2.45) is 0 Å². The fourth-order valence-electron chi connectivity index (χ4n) is 2.28. The van der Waals surface area contributed by atoms with Gasteiger partial charge < -0.3 is 4.74 Å². The van der Waals surface area contributed by atoms with Gasteiger partial charge in [-0.05, 0) is 43.2 Å². The summed E-state index contributed by atoms with van der Waals surface area (Å²) in [7, 11) is 0. The summed E-state index contributed by atoms with van der Waals surface area (Å²) in [5.41, 5.74) is 1.75. The van der Waals surface area contributed by atoms with Crippen LogP contribution in [-0.4, -0.2) is 18.4 Å². The van der Waals surface area contributed by atoms with Gasteiger partial charge in [0.2, 0.25) is 0 Å². The lowest BCUT2D eigenvalue weighted by molar-refractivity contribution is 0.0528. The Bertz CT molecular complexity index is 656. The molecule has 0 aromatic heterocycles. The third-order valence-corrected chi connectivity index (χ3v) is 3.17. The van der Waals surface area contributed by atoms with Crippen LogP contribution in [0.25, 0.3) is 10.8 Å². The topological polar surface area (TPSA) is 43.4 Å². The van der Waals surface area contributed by atoms with Crippen LogP contribution in [0, 0.1) is 6.92 Å². The smallest absolute Gasteiger partial charge is 0.339 e. The largest absolute Gasteiger partial charge is 0.462 e. The number of rotatable bonds is 3. The molecule has 0 amide bonds. The van der Waals surface area contributed by atoms with Crippen molar-refractivity contribution in [3.63, 3.8) is 0 Å². The lowest BCUT2D eigenvalue weighted by atomic mass is 9.93. The number of benzene rings is 2. The van der Waals surface area contributed by atoms with Crippen LogP contribution in [0.2, 0.25) is 0 Å². The number of Topliss-reactive ketones (excluding diaryl/α,β-unsaturated/α-hetero) is 1. The number of hydrogen-bond acceptors (Lipinski definition) is 3. The van der Waals surface area contributed by atoms with Gasteiger partial charge in [0.25, 0.3) is 0 Å². The zero-order valence-corrected chi connectivity index (χ0v) is 11.3. The van der Waals surface area contributed by atoms with Crippen molar-refractivity contribution in [3.8, 4) is 0 Å². The monoisotopic (exact) mass is 256 g/mol. The molecule has 2 aromatic carbocycles. The lowest BCUT2D eigenvalue weighted by Crippen LogP contribution is -2.10. The minimum Gasteiger partial charge on any atom is -0.462 e. The Morgan fingerprint density at radius 1 is 1.21 bits per heavy atom. The van der Waals surface area contributed by atoms with Gasteiger partial charge in [-0.25, -0.2) is 4.79 Å². The number of esters is 1. The third-order valence-electron chi connectivity index (χ3n) is 3.17. The summed E-state index contributed by atoms with van der Waals surface area (Å²) in [6, 6.07) is 9.35. The van der Waals surface area contributed by atoms with E-state index in [0.29, 0.717) is 23.3 Å². The van der Waals surface area contributed by atoms with Crippen molar-refractivity contribution in [2.75, 3.05) is 6.61 Å². The molecule has 0 saturated carbocycles. The SMILES string of the molecule is CCOC(=O)c1c(C)c(C(C)=O)cc2ccccc12. The van der Waals surface area contributed by atoms with Gasteiger partial charge in [0.05, 0.1) is 12.2 Å². The maximum absolute atomic E-state index is 12.1. The van der Waals surface area contributed by atoms with Crippen LogP contribution < -0.4 is 0 Å². The summed E-state index contributed by atoms with van der Waals surface area (Å²) < 4.78 is 5.10. The van der Waals surface area contributed by atoms with Gasteiger partial charge in [0.15, 0.2) is 5.78 Å². The molecule has 2 rings (SSSR count). The highest BCUT2D eigenvalue weighted by Crippen LogP contribution is 2.26. The molecular formula is C16H16O3. The van der Waals surface area contributed by atoms with Crippen molar-refractivity contribution in [1.29, 1.82) is 0 Å². The van der Waals surface area contributed by atoms with E-state index in [-0.39, 0.29) is 11.8 Å².